The summed E-state index contributed by atoms with van der Waals surface area (Å²) in [5.74, 6) is 0. The third-order valence-corrected chi connectivity index (χ3v) is 2.95. The van der Waals surface area contributed by atoms with Crippen molar-refractivity contribution in [3.8, 4) is 0 Å². The van der Waals surface area contributed by atoms with Crippen molar-refractivity contribution < 1.29 is 5.11 Å². The molecule has 0 amide bonds. The summed E-state index contributed by atoms with van der Waals surface area (Å²) in [6.45, 7) is 7.94. The molecule has 0 aromatic carbocycles. The van der Waals surface area contributed by atoms with Crippen molar-refractivity contribution in [3.05, 3.63) is 0 Å². The summed E-state index contributed by atoms with van der Waals surface area (Å²) in [6.07, 6.45) is 2.11. The highest BCUT2D eigenvalue weighted by molar-refractivity contribution is 4.79. The molecule has 78 valence electrons. The zero-order valence-corrected chi connectivity index (χ0v) is 8.79. The maximum atomic E-state index is 9.37. The van der Waals surface area contributed by atoms with E-state index in [0.29, 0.717) is 12.0 Å². The highest BCUT2D eigenvalue weighted by Gasteiger charge is 2.25. The van der Waals surface area contributed by atoms with Crippen LogP contribution < -0.4 is 5.73 Å². The first-order chi connectivity index (χ1) is 6.03. The normalized spacial score (nSPS) is 25.8. The van der Waals surface area contributed by atoms with E-state index in [4.69, 9.17) is 5.73 Å². The number of piperidine rings is 1. The number of hydrogen-bond acceptors (Lipinski definition) is 3. The number of nitrogens with zero attached hydrogens (tertiary/aromatic N) is 1. The van der Waals surface area contributed by atoms with Crippen molar-refractivity contribution in [2.24, 2.45) is 11.1 Å². The molecule has 3 heteroatoms. The molecule has 1 aliphatic heterocycles. The summed E-state index contributed by atoms with van der Waals surface area (Å²) in [4.78, 5) is 2.31. The molecular weight excluding hydrogens is 164 g/mol. The maximum Gasteiger partial charge on any atom is 0.0789 e. The molecule has 0 spiro atoms. The van der Waals surface area contributed by atoms with Crippen LogP contribution in [0.4, 0.5) is 0 Å². The Kier molecular flexibility index (Phi) is 3.71. The fraction of sp³-hybridized carbons (Fsp3) is 1.00. The number of likely N-dealkylation sites (tertiary alicyclic amines) is 1. The predicted octanol–water partition coefficient (Wildman–Crippen LogP) is 0.428. The van der Waals surface area contributed by atoms with Crippen LogP contribution in [0.2, 0.25) is 0 Å². The third kappa shape index (κ3) is 3.63. The van der Waals surface area contributed by atoms with Gasteiger partial charge in [0.15, 0.2) is 0 Å². The Bertz CT molecular complexity index is 149. The van der Waals surface area contributed by atoms with Crippen LogP contribution in [0.25, 0.3) is 0 Å². The van der Waals surface area contributed by atoms with Gasteiger partial charge < -0.3 is 15.7 Å². The zero-order chi connectivity index (χ0) is 9.90. The first-order valence-electron chi connectivity index (χ1n) is 5.14. The van der Waals surface area contributed by atoms with Gasteiger partial charge in [0.25, 0.3) is 0 Å². The van der Waals surface area contributed by atoms with Gasteiger partial charge >= 0.3 is 0 Å². The predicted molar refractivity (Wildman–Crippen MR) is 54.5 cm³/mol. The van der Waals surface area contributed by atoms with Crippen LogP contribution in [0.15, 0.2) is 0 Å². The first-order valence-corrected chi connectivity index (χ1v) is 5.14. The van der Waals surface area contributed by atoms with Gasteiger partial charge in [0.1, 0.15) is 0 Å². The van der Waals surface area contributed by atoms with E-state index in [1.807, 2.05) is 0 Å². The highest BCUT2D eigenvalue weighted by atomic mass is 16.3. The van der Waals surface area contributed by atoms with Crippen molar-refractivity contribution in [2.75, 3.05) is 26.2 Å². The van der Waals surface area contributed by atoms with E-state index in [1.165, 1.54) is 12.8 Å². The lowest BCUT2D eigenvalue weighted by molar-refractivity contribution is 0.0743. The van der Waals surface area contributed by atoms with Crippen molar-refractivity contribution in [2.45, 2.75) is 32.8 Å². The van der Waals surface area contributed by atoms with Crippen molar-refractivity contribution >= 4 is 0 Å². The quantitative estimate of drug-likeness (QED) is 0.672. The van der Waals surface area contributed by atoms with E-state index in [1.54, 1.807) is 0 Å². The second kappa shape index (κ2) is 4.40. The SMILES string of the molecule is CC1(C)CCN(CC(O)CN)CC1. The Hall–Kier alpha value is -0.120. The monoisotopic (exact) mass is 186 g/mol. The molecule has 1 rings (SSSR count). The fourth-order valence-electron chi connectivity index (χ4n) is 1.71. The minimum atomic E-state index is -0.346. The van der Waals surface area contributed by atoms with Crippen LogP contribution in [0.3, 0.4) is 0 Å². The molecule has 1 unspecified atom stereocenters. The van der Waals surface area contributed by atoms with Crippen molar-refractivity contribution in [1.82, 2.24) is 4.90 Å². The molecule has 1 fully saturated rings. The van der Waals surface area contributed by atoms with Crippen LogP contribution in [0.1, 0.15) is 26.7 Å². The largest absolute Gasteiger partial charge is 0.390 e. The third-order valence-electron chi connectivity index (χ3n) is 2.95. The molecular formula is C10H22N2O. The summed E-state index contributed by atoms with van der Waals surface area (Å²) in [5.41, 5.74) is 5.86. The lowest BCUT2D eigenvalue weighted by Gasteiger charge is -2.37. The lowest BCUT2D eigenvalue weighted by Crippen LogP contribution is -2.43. The minimum absolute atomic E-state index is 0.346. The Labute approximate surface area is 80.9 Å². The van der Waals surface area contributed by atoms with E-state index in [2.05, 4.69) is 18.7 Å². The van der Waals surface area contributed by atoms with Gasteiger partial charge in [-0.15, -0.1) is 0 Å². The average Bonchev–Trinajstić information content (AvgIpc) is 2.08. The molecule has 0 bridgehead atoms. The van der Waals surface area contributed by atoms with Crippen molar-refractivity contribution in [1.29, 1.82) is 0 Å². The molecule has 13 heavy (non-hydrogen) atoms. The Balaban J connectivity index is 2.25. The molecule has 3 nitrogen and oxygen atoms in total. The fourth-order valence-corrected chi connectivity index (χ4v) is 1.71. The van der Waals surface area contributed by atoms with E-state index in [9.17, 15) is 5.11 Å². The maximum absolute atomic E-state index is 9.37. The summed E-state index contributed by atoms with van der Waals surface area (Å²) >= 11 is 0. The van der Waals surface area contributed by atoms with Crippen molar-refractivity contribution in [3.63, 3.8) is 0 Å². The molecule has 1 heterocycles. The van der Waals surface area contributed by atoms with Gasteiger partial charge in [-0.3, -0.25) is 0 Å². The molecule has 0 aliphatic carbocycles. The molecule has 0 radical (unpaired) electrons. The van der Waals surface area contributed by atoms with Gasteiger partial charge in [0.2, 0.25) is 0 Å². The number of rotatable bonds is 3. The van der Waals surface area contributed by atoms with E-state index < -0.39 is 0 Å². The molecule has 1 atom stereocenters. The number of β-amino-alcohol motifs (C(OH)–C–C–N with tert-alkyl or cyclic N) is 1. The summed E-state index contributed by atoms with van der Waals surface area (Å²) in [6, 6.07) is 0. The van der Waals surface area contributed by atoms with E-state index in [0.717, 1.165) is 19.6 Å². The molecule has 3 N–H and O–H groups in total. The summed E-state index contributed by atoms with van der Waals surface area (Å²) in [5, 5.41) is 9.37. The van der Waals surface area contributed by atoms with Crippen LogP contribution in [0.5, 0.6) is 0 Å². The molecule has 1 aliphatic rings. The smallest absolute Gasteiger partial charge is 0.0789 e. The van der Waals surface area contributed by atoms with Crippen LogP contribution in [-0.2, 0) is 0 Å². The second-order valence-corrected chi connectivity index (χ2v) is 4.85. The summed E-state index contributed by atoms with van der Waals surface area (Å²) < 4.78 is 0. The Morgan fingerprint density at radius 3 is 2.38 bits per heavy atom. The second-order valence-electron chi connectivity index (χ2n) is 4.85. The molecule has 1 saturated heterocycles. The Morgan fingerprint density at radius 1 is 1.38 bits per heavy atom. The van der Waals surface area contributed by atoms with Gasteiger partial charge in [0, 0.05) is 13.1 Å². The zero-order valence-electron chi connectivity index (χ0n) is 8.79. The Morgan fingerprint density at radius 2 is 1.92 bits per heavy atom. The number of hydrogen-bond donors (Lipinski definition) is 2. The number of aliphatic hydroxyl groups is 1. The van der Waals surface area contributed by atoms with E-state index in [-0.39, 0.29) is 6.10 Å². The lowest BCUT2D eigenvalue weighted by atomic mass is 9.82. The standard InChI is InChI=1S/C10H22N2O/c1-10(2)3-5-12(6-4-10)8-9(13)7-11/h9,13H,3-8,11H2,1-2H3. The first kappa shape index (κ1) is 11.0. The topological polar surface area (TPSA) is 49.5 Å². The van der Waals surface area contributed by atoms with Crippen LogP contribution in [-0.4, -0.2) is 42.3 Å². The number of nitrogens with two attached hydrogens (primary N) is 1. The highest BCUT2D eigenvalue weighted by Crippen LogP contribution is 2.29. The van der Waals surface area contributed by atoms with Gasteiger partial charge in [-0.1, -0.05) is 13.8 Å². The van der Waals surface area contributed by atoms with Crippen LogP contribution >= 0.6 is 0 Å². The van der Waals surface area contributed by atoms with E-state index >= 15 is 0 Å². The number of aliphatic hydroxyl groups excluding tert-OH is 1. The average molecular weight is 186 g/mol. The van der Waals surface area contributed by atoms with Crippen LogP contribution in [0, 0.1) is 5.41 Å². The van der Waals surface area contributed by atoms with Gasteiger partial charge in [-0.2, -0.15) is 0 Å². The van der Waals surface area contributed by atoms with Gasteiger partial charge in [-0.25, -0.2) is 0 Å². The molecule has 0 aromatic heterocycles. The van der Waals surface area contributed by atoms with Gasteiger partial charge in [0.05, 0.1) is 6.10 Å². The molecule has 0 saturated carbocycles. The molecule has 0 aromatic rings. The summed E-state index contributed by atoms with van der Waals surface area (Å²) in [7, 11) is 0. The minimum Gasteiger partial charge on any atom is -0.390 e. The van der Waals surface area contributed by atoms with Gasteiger partial charge in [-0.05, 0) is 31.3 Å².